The maximum absolute atomic E-state index is 11.8. The van der Waals surface area contributed by atoms with Crippen LogP contribution in [0.25, 0.3) is 0 Å². The zero-order valence-corrected chi connectivity index (χ0v) is 9.19. The normalized spacial score (nSPS) is 19.7. The Morgan fingerprint density at radius 3 is 3.00 bits per heavy atom. The van der Waals surface area contributed by atoms with E-state index in [4.69, 9.17) is 0 Å². The molecule has 1 atom stereocenters. The van der Waals surface area contributed by atoms with Crippen LogP contribution in [-0.4, -0.2) is 23.6 Å². The Kier molecular flexibility index (Phi) is 3.05. The fourth-order valence-electron chi connectivity index (χ4n) is 1.79. The molecule has 0 aromatic carbocycles. The minimum absolute atomic E-state index is 0.0173. The number of hydrogen-bond acceptors (Lipinski definition) is 3. The highest BCUT2D eigenvalue weighted by molar-refractivity contribution is 5.92. The third-order valence-electron chi connectivity index (χ3n) is 2.78. The van der Waals surface area contributed by atoms with Crippen LogP contribution in [0.15, 0.2) is 23.1 Å². The highest BCUT2D eigenvalue weighted by atomic mass is 16.2. The highest BCUT2D eigenvalue weighted by Gasteiger charge is 2.22. The molecule has 0 spiro atoms. The fraction of sp³-hybridized carbons (Fsp3) is 0.455. The van der Waals surface area contributed by atoms with Gasteiger partial charge in [0.15, 0.2) is 0 Å². The molecule has 86 valence electrons. The molecule has 0 bridgehead atoms. The Bertz CT molecular complexity index is 447. The summed E-state index contributed by atoms with van der Waals surface area (Å²) in [7, 11) is 1.66. The van der Waals surface area contributed by atoms with E-state index in [9.17, 15) is 9.59 Å². The second-order valence-electron chi connectivity index (χ2n) is 4.05. The number of amides is 1. The molecule has 1 fully saturated rings. The highest BCUT2D eigenvalue weighted by Crippen LogP contribution is 2.11. The van der Waals surface area contributed by atoms with Crippen molar-refractivity contribution in [3.8, 4) is 0 Å². The Hall–Kier alpha value is -1.62. The van der Waals surface area contributed by atoms with E-state index in [1.165, 1.54) is 10.6 Å². The number of hydrogen-bond donors (Lipinski definition) is 2. The van der Waals surface area contributed by atoms with Gasteiger partial charge in [-0.3, -0.25) is 9.59 Å². The van der Waals surface area contributed by atoms with Crippen LogP contribution in [0.5, 0.6) is 0 Å². The molecular weight excluding hydrogens is 206 g/mol. The maximum Gasteiger partial charge on any atom is 0.250 e. The minimum Gasteiger partial charge on any atom is -0.325 e. The summed E-state index contributed by atoms with van der Waals surface area (Å²) in [5.41, 5.74) is 0.583. The Balaban J connectivity index is 2.05. The van der Waals surface area contributed by atoms with E-state index in [0.29, 0.717) is 5.69 Å². The van der Waals surface area contributed by atoms with Gasteiger partial charge in [0.05, 0.1) is 11.6 Å². The molecule has 0 radical (unpaired) electrons. The number of nitrogens with one attached hydrogen (secondary N) is 2. The van der Waals surface area contributed by atoms with Crippen molar-refractivity contribution in [2.75, 3.05) is 18.4 Å². The van der Waals surface area contributed by atoms with Crippen molar-refractivity contribution in [2.45, 2.75) is 6.42 Å². The largest absolute Gasteiger partial charge is 0.325 e. The Morgan fingerprint density at radius 2 is 2.38 bits per heavy atom. The Labute approximate surface area is 93.5 Å². The quantitative estimate of drug-likeness (QED) is 0.735. The summed E-state index contributed by atoms with van der Waals surface area (Å²) in [6, 6.07) is 3.07. The SMILES string of the molecule is Cn1cc(NC(=O)C2CCNC2)ccc1=O. The lowest BCUT2D eigenvalue weighted by atomic mass is 10.1. The maximum atomic E-state index is 11.8. The number of pyridine rings is 1. The third-order valence-corrected chi connectivity index (χ3v) is 2.78. The Morgan fingerprint density at radius 1 is 1.56 bits per heavy atom. The molecular formula is C11H15N3O2. The molecule has 0 saturated carbocycles. The molecule has 5 nitrogen and oxygen atoms in total. The van der Waals surface area contributed by atoms with E-state index in [1.807, 2.05) is 0 Å². The predicted molar refractivity (Wildman–Crippen MR) is 61.3 cm³/mol. The van der Waals surface area contributed by atoms with Crippen LogP contribution < -0.4 is 16.2 Å². The van der Waals surface area contributed by atoms with Crippen molar-refractivity contribution in [2.24, 2.45) is 13.0 Å². The first-order chi connectivity index (χ1) is 7.66. The summed E-state index contributed by atoms with van der Waals surface area (Å²) in [5.74, 6) is 0.0564. The molecule has 1 aromatic rings. The van der Waals surface area contributed by atoms with Gasteiger partial charge in [-0.05, 0) is 19.0 Å². The first-order valence-corrected chi connectivity index (χ1v) is 5.35. The molecule has 1 aliphatic heterocycles. The van der Waals surface area contributed by atoms with Crippen molar-refractivity contribution in [3.63, 3.8) is 0 Å². The molecule has 2 rings (SSSR count). The van der Waals surface area contributed by atoms with Crippen molar-refractivity contribution in [3.05, 3.63) is 28.7 Å². The van der Waals surface area contributed by atoms with Gasteiger partial charge in [0, 0.05) is 25.9 Å². The molecule has 1 amide bonds. The lowest BCUT2D eigenvalue weighted by Crippen LogP contribution is -2.25. The van der Waals surface area contributed by atoms with Gasteiger partial charge in [0.1, 0.15) is 0 Å². The number of aromatic nitrogens is 1. The van der Waals surface area contributed by atoms with Gasteiger partial charge in [0.2, 0.25) is 11.5 Å². The monoisotopic (exact) mass is 221 g/mol. The topological polar surface area (TPSA) is 63.1 Å². The second kappa shape index (κ2) is 4.49. The first-order valence-electron chi connectivity index (χ1n) is 5.35. The van der Waals surface area contributed by atoms with Crippen LogP contribution in [0, 0.1) is 5.92 Å². The zero-order valence-electron chi connectivity index (χ0n) is 9.19. The molecule has 0 aliphatic carbocycles. The second-order valence-corrected chi connectivity index (χ2v) is 4.05. The lowest BCUT2D eigenvalue weighted by Gasteiger charge is -2.10. The van der Waals surface area contributed by atoms with Crippen molar-refractivity contribution in [1.82, 2.24) is 9.88 Å². The number of aryl methyl sites for hydroxylation is 1. The van der Waals surface area contributed by atoms with Crippen LogP contribution in [0.1, 0.15) is 6.42 Å². The summed E-state index contributed by atoms with van der Waals surface area (Å²) in [5, 5.41) is 5.96. The molecule has 16 heavy (non-hydrogen) atoms. The standard InChI is InChI=1S/C11H15N3O2/c1-14-7-9(2-3-10(14)15)13-11(16)8-4-5-12-6-8/h2-3,7-8,12H,4-6H2,1H3,(H,13,16). The van der Waals surface area contributed by atoms with Crippen LogP contribution in [0.3, 0.4) is 0 Å². The van der Waals surface area contributed by atoms with Crippen LogP contribution >= 0.6 is 0 Å². The summed E-state index contributed by atoms with van der Waals surface area (Å²) in [4.78, 5) is 22.9. The van der Waals surface area contributed by atoms with Gasteiger partial charge in [-0.15, -0.1) is 0 Å². The number of carbonyl (C=O) groups excluding carboxylic acids is 1. The van der Waals surface area contributed by atoms with Crippen molar-refractivity contribution in [1.29, 1.82) is 0 Å². The molecule has 1 saturated heterocycles. The average Bonchev–Trinajstić information content (AvgIpc) is 2.77. The average molecular weight is 221 g/mol. The van der Waals surface area contributed by atoms with E-state index in [1.54, 1.807) is 19.3 Å². The van der Waals surface area contributed by atoms with E-state index in [0.717, 1.165) is 19.5 Å². The molecule has 2 N–H and O–H groups in total. The van der Waals surface area contributed by atoms with E-state index in [-0.39, 0.29) is 17.4 Å². The van der Waals surface area contributed by atoms with Gasteiger partial charge < -0.3 is 15.2 Å². The van der Waals surface area contributed by atoms with Gasteiger partial charge in [-0.1, -0.05) is 0 Å². The first kappa shape index (κ1) is 10.9. The smallest absolute Gasteiger partial charge is 0.250 e. The molecule has 1 aliphatic rings. The number of carbonyl (C=O) groups is 1. The molecule has 2 heterocycles. The predicted octanol–water partition coefficient (Wildman–Crippen LogP) is -0.0667. The molecule has 1 unspecified atom stereocenters. The van der Waals surface area contributed by atoms with Gasteiger partial charge in [-0.2, -0.15) is 0 Å². The summed E-state index contributed by atoms with van der Waals surface area (Å²) in [6.45, 7) is 1.63. The van der Waals surface area contributed by atoms with Crippen molar-refractivity contribution < 1.29 is 4.79 Å². The van der Waals surface area contributed by atoms with Crippen LogP contribution in [0.2, 0.25) is 0 Å². The van der Waals surface area contributed by atoms with Crippen LogP contribution in [-0.2, 0) is 11.8 Å². The zero-order chi connectivity index (χ0) is 11.5. The van der Waals surface area contributed by atoms with E-state index < -0.39 is 0 Å². The van der Waals surface area contributed by atoms with E-state index in [2.05, 4.69) is 10.6 Å². The van der Waals surface area contributed by atoms with Crippen molar-refractivity contribution >= 4 is 11.6 Å². The third kappa shape index (κ3) is 2.30. The van der Waals surface area contributed by atoms with E-state index >= 15 is 0 Å². The van der Waals surface area contributed by atoms with Gasteiger partial charge in [0.25, 0.3) is 0 Å². The summed E-state index contributed by atoms with van der Waals surface area (Å²) >= 11 is 0. The summed E-state index contributed by atoms with van der Waals surface area (Å²) < 4.78 is 1.45. The fourth-order valence-corrected chi connectivity index (χ4v) is 1.79. The van der Waals surface area contributed by atoms with Gasteiger partial charge in [-0.25, -0.2) is 0 Å². The molecule has 5 heteroatoms. The van der Waals surface area contributed by atoms with Crippen LogP contribution in [0.4, 0.5) is 5.69 Å². The number of anilines is 1. The minimum atomic E-state index is -0.0828. The lowest BCUT2D eigenvalue weighted by molar-refractivity contribution is -0.119. The molecule has 1 aromatic heterocycles. The number of rotatable bonds is 2. The summed E-state index contributed by atoms with van der Waals surface area (Å²) in [6.07, 6.45) is 2.50. The van der Waals surface area contributed by atoms with Gasteiger partial charge >= 0.3 is 0 Å². The number of nitrogens with zero attached hydrogens (tertiary/aromatic N) is 1.